The first-order valence-corrected chi connectivity index (χ1v) is 5.76. The summed E-state index contributed by atoms with van der Waals surface area (Å²) in [7, 11) is 0. The quantitative estimate of drug-likeness (QED) is 0.453. The Bertz CT molecular complexity index is 618. The number of para-hydroxylation sites is 1. The van der Waals surface area contributed by atoms with Crippen LogP contribution < -0.4 is 16.6 Å². The maximum atomic E-state index is 11.1. The average molecular weight is 279 g/mol. The molecule has 0 amide bonds. The molecule has 0 saturated carbocycles. The minimum Gasteiger partial charge on any atom is -0.350 e. The fourth-order valence-electron chi connectivity index (χ4n) is 1.68. The number of nitrogens with two attached hydrogens (primary N) is 1. The molecule has 0 fully saturated rings. The molecule has 0 aromatic heterocycles. The standard InChI is InChI=1S/C12H11ClN4O2/c13-8-3-1-4-9(7-8)15-10-5-2-6-11(16-14)12(10)17(18)19/h1-7,15-16H,14H2. The van der Waals surface area contributed by atoms with Crippen molar-refractivity contribution in [2.75, 3.05) is 10.7 Å². The van der Waals surface area contributed by atoms with E-state index in [9.17, 15) is 10.1 Å². The van der Waals surface area contributed by atoms with E-state index in [1.54, 1.807) is 36.4 Å². The highest BCUT2D eigenvalue weighted by atomic mass is 35.5. The molecule has 0 atom stereocenters. The van der Waals surface area contributed by atoms with Gasteiger partial charge in [0, 0.05) is 10.7 Å². The number of hydrogen-bond donors (Lipinski definition) is 3. The molecule has 0 aliphatic rings. The first-order valence-electron chi connectivity index (χ1n) is 5.38. The van der Waals surface area contributed by atoms with Gasteiger partial charge in [0.15, 0.2) is 0 Å². The Labute approximate surface area is 114 Å². The number of halogens is 1. The lowest BCUT2D eigenvalue weighted by Gasteiger charge is -2.10. The molecule has 0 aliphatic carbocycles. The van der Waals surface area contributed by atoms with Crippen molar-refractivity contribution in [3.8, 4) is 0 Å². The van der Waals surface area contributed by atoms with Crippen LogP contribution in [0.25, 0.3) is 0 Å². The summed E-state index contributed by atoms with van der Waals surface area (Å²) in [5.41, 5.74) is 3.41. The molecular weight excluding hydrogens is 268 g/mol. The third-order valence-electron chi connectivity index (χ3n) is 2.48. The van der Waals surface area contributed by atoms with Gasteiger partial charge in [0.25, 0.3) is 0 Å². The number of nitro groups is 1. The first-order chi connectivity index (χ1) is 9.11. The molecule has 7 heteroatoms. The van der Waals surface area contributed by atoms with Gasteiger partial charge >= 0.3 is 5.69 Å². The van der Waals surface area contributed by atoms with E-state index in [0.29, 0.717) is 16.4 Å². The van der Waals surface area contributed by atoms with Crippen LogP contribution in [0, 0.1) is 10.1 Å². The van der Waals surface area contributed by atoms with Crippen LogP contribution in [-0.4, -0.2) is 4.92 Å². The van der Waals surface area contributed by atoms with Crippen molar-refractivity contribution in [3.63, 3.8) is 0 Å². The third-order valence-corrected chi connectivity index (χ3v) is 2.71. The Morgan fingerprint density at radius 2 is 1.84 bits per heavy atom. The van der Waals surface area contributed by atoms with Crippen LogP contribution in [0.5, 0.6) is 0 Å². The Morgan fingerprint density at radius 1 is 1.16 bits per heavy atom. The Hall–Kier alpha value is -2.31. The maximum Gasteiger partial charge on any atom is 0.316 e. The summed E-state index contributed by atoms with van der Waals surface area (Å²) in [6.45, 7) is 0. The normalized spacial score (nSPS) is 10.0. The van der Waals surface area contributed by atoms with Gasteiger partial charge in [-0.1, -0.05) is 23.7 Å². The van der Waals surface area contributed by atoms with E-state index in [-0.39, 0.29) is 11.4 Å². The van der Waals surface area contributed by atoms with Crippen LogP contribution in [-0.2, 0) is 0 Å². The molecule has 4 N–H and O–H groups in total. The maximum absolute atomic E-state index is 11.1. The minimum atomic E-state index is -0.498. The van der Waals surface area contributed by atoms with Gasteiger partial charge in [0.2, 0.25) is 0 Å². The average Bonchev–Trinajstić information content (AvgIpc) is 2.38. The summed E-state index contributed by atoms with van der Waals surface area (Å²) in [4.78, 5) is 10.6. The molecule has 19 heavy (non-hydrogen) atoms. The van der Waals surface area contributed by atoms with E-state index < -0.39 is 4.92 Å². The summed E-state index contributed by atoms with van der Waals surface area (Å²) in [5, 5.41) is 14.6. The molecule has 0 heterocycles. The van der Waals surface area contributed by atoms with E-state index in [0.717, 1.165) is 0 Å². The molecule has 0 saturated heterocycles. The van der Waals surface area contributed by atoms with Crippen molar-refractivity contribution in [1.82, 2.24) is 0 Å². The van der Waals surface area contributed by atoms with E-state index in [4.69, 9.17) is 17.4 Å². The second-order valence-electron chi connectivity index (χ2n) is 3.74. The molecule has 6 nitrogen and oxygen atoms in total. The molecule has 2 aromatic rings. The Kier molecular flexibility index (Phi) is 3.84. The molecule has 0 unspecified atom stereocenters. The molecular formula is C12H11ClN4O2. The summed E-state index contributed by atoms with van der Waals surface area (Å²) in [6, 6.07) is 11.7. The van der Waals surface area contributed by atoms with E-state index in [2.05, 4.69) is 10.7 Å². The smallest absolute Gasteiger partial charge is 0.316 e. The summed E-state index contributed by atoms with van der Waals surface area (Å²) < 4.78 is 0. The van der Waals surface area contributed by atoms with Gasteiger partial charge in [-0.2, -0.15) is 0 Å². The lowest BCUT2D eigenvalue weighted by Crippen LogP contribution is -2.10. The number of nitrogens with one attached hydrogen (secondary N) is 2. The lowest BCUT2D eigenvalue weighted by molar-refractivity contribution is -0.383. The number of hydrazine groups is 1. The van der Waals surface area contributed by atoms with E-state index >= 15 is 0 Å². The first kappa shape index (κ1) is 13.1. The second kappa shape index (κ2) is 5.55. The topological polar surface area (TPSA) is 93.2 Å². The van der Waals surface area contributed by atoms with Crippen LogP contribution in [0.3, 0.4) is 0 Å². The van der Waals surface area contributed by atoms with Crippen LogP contribution in [0.15, 0.2) is 42.5 Å². The number of benzene rings is 2. The van der Waals surface area contributed by atoms with Crippen LogP contribution in [0.2, 0.25) is 5.02 Å². The monoisotopic (exact) mass is 278 g/mol. The number of nitrogen functional groups attached to an aromatic ring is 1. The van der Waals surface area contributed by atoms with Crippen LogP contribution >= 0.6 is 11.6 Å². The van der Waals surface area contributed by atoms with Gasteiger partial charge in [-0.15, -0.1) is 0 Å². The van der Waals surface area contributed by atoms with Crippen molar-refractivity contribution in [2.24, 2.45) is 5.84 Å². The molecule has 2 rings (SSSR count). The van der Waals surface area contributed by atoms with Crippen LogP contribution in [0.4, 0.5) is 22.7 Å². The second-order valence-corrected chi connectivity index (χ2v) is 4.17. The summed E-state index contributed by atoms with van der Waals surface area (Å²) in [5.74, 6) is 5.27. The summed E-state index contributed by atoms with van der Waals surface area (Å²) >= 11 is 5.87. The number of nitrogens with zero attached hydrogens (tertiary/aromatic N) is 1. The molecule has 0 bridgehead atoms. The highest BCUT2D eigenvalue weighted by molar-refractivity contribution is 6.30. The van der Waals surface area contributed by atoms with Gasteiger partial charge in [0.1, 0.15) is 11.4 Å². The van der Waals surface area contributed by atoms with Gasteiger partial charge in [0.05, 0.1) is 4.92 Å². The molecule has 0 aliphatic heterocycles. The van der Waals surface area contributed by atoms with Crippen molar-refractivity contribution < 1.29 is 4.92 Å². The van der Waals surface area contributed by atoms with Gasteiger partial charge in [-0.3, -0.25) is 16.0 Å². The zero-order valence-electron chi connectivity index (χ0n) is 9.76. The molecule has 0 radical (unpaired) electrons. The van der Waals surface area contributed by atoms with E-state index in [1.165, 1.54) is 6.07 Å². The van der Waals surface area contributed by atoms with Crippen molar-refractivity contribution in [3.05, 3.63) is 57.6 Å². The zero-order valence-corrected chi connectivity index (χ0v) is 10.5. The highest BCUT2D eigenvalue weighted by Gasteiger charge is 2.19. The number of hydrogen-bond acceptors (Lipinski definition) is 5. The zero-order chi connectivity index (χ0) is 13.8. The predicted octanol–water partition coefficient (Wildman–Crippen LogP) is 3.28. The fraction of sp³-hybridized carbons (Fsp3) is 0. The summed E-state index contributed by atoms with van der Waals surface area (Å²) in [6.07, 6.45) is 0. The van der Waals surface area contributed by atoms with Crippen LogP contribution in [0.1, 0.15) is 0 Å². The SMILES string of the molecule is NNc1cccc(Nc2cccc(Cl)c2)c1[N+](=O)[O-]. The van der Waals surface area contributed by atoms with Crippen molar-refractivity contribution >= 4 is 34.4 Å². The minimum absolute atomic E-state index is 0.120. The van der Waals surface area contributed by atoms with Crippen molar-refractivity contribution in [2.45, 2.75) is 0 Å². The van der Waals surface area contributed by atoms with Gasteiger partial charge in [-0.05, 0) is 30.3 Å². The highest BCUT2D eigenvalue weighted by Crippen LogP contribution is 2.34. The van der Waals surface area contributed by atoms with Crippen molar-refractivity contribution in [1.29, 1.82) is 0 Å². The largest absolute Gasteiger partial charge is 0.350 e. The predicted molar refractivity (Wildman–Crippen MR) is 75.6 cm³/mol. The molecule has 0 spiro atoms. The Balaban J connectivity index is 2.42. The van der Waals surface area contributed by atoms with Gasteiger partial charge < -0.3 is 10.7 Å². The molecule has 2 aromatic carbocycles. The number of rotatable bonds is 4. The number of anilines is 3. The third kappa shape index (κ3) is 2.93. The lowest BCUT2D eigenvalue weighted by atomic mass is 10.2. The number of nitro benzene ring substituents is 1. The van der Waals surface area contributed by atoms with E-state index in [1.807, 2.05) is 0 Å². The van der Waals surface area contributed by atoms with Gasteiger partial charge in [-0.25, -0.2) is 0 Å². The molecule has 98 valence electrons. The fourth-order valence-corrected chi connectivity index (χ4v) is 1.87. The Morgan fingerprint density at radius 3 is 2.47 bits per heavy atom.